The van der Waals surface area contributed by atoms with Crippen LogP contribution in [0, 0.1) is 11.3 Å². The Morgan fingerprint density at radius 1 is 1.41 bits per heavy atom. The van der Waals surface area contributed by atoms with Gasteiger partial charge in [-0.25, -0.2) is 0 Å². The number of ether oxygens (including phenoxy) is 2. The van der Waals surface area contributed by atoms with E-state index in [1.165, 1.54) is 6.92 Å². The Kier molecular flexibility index (Phi) is 2.81. The zero-order valence-corrected chi connectivity index (χ0v) is 10.9. The predicted octanol–water partition coefficient (Wildman–Crippen LogP) is 1.71. The minimum Gasteiger partial charge on any atom is -0.458 e. The van der Waals surface area contributed by atoms with Crippen LogP contribution in [0.3, 0.4) is 0 Å². The summed E-state index contributed by atoms with van der Waals surface area (Å²) in [6.07, 6.45) is 0.493. The van der Waals surface area contributed by atoms with Gasteiger partial charge in [-0.2, -0.15) is 0 Å². The van der Waals surface area contributed by atoms with Gasteiger partial charge in [-0.3, -0.25) is 9.59 Å². The van der Waals surface area contributed by atoms with Gasteiger partial charge < -0.3 is 9.47 Å². The monoisotopic (exact) mass is 240 g/mol. The Bertz CT molecular complexity index is 360. The van der Waals surface area contributed by atoms with Crippen molar-refractivity contribution in [2.75, 3.05) is 6.61 Å². The summed E-state index contributed by atoms with van der Waals surface area (Å²) in [5.74, 6) is -0.0134. The molecule has 0 radical (unpaired) electrons. The molecule has 0 saturated carbocycles. The molecule has 0 aromatic carbocycles. The molecule has 0 bridgehead atoms. The summed E-state index contributed by atoms with van der Waals surface area (Å²) >= 11 is 0. The zero-order valence-electron chi connectivity index (χ0n) is 10.9. The van der Waals surface area contributed by atoms with Crippen LogP contribution in [0.15, 0.2) is 0 Å². The summed E-state index contributed by atoms with van der Waals surface area (Å²) in [5.41, 5.74) is -0.788. The number of hydrogen-bond acceptors (Lipinski definition) is 4. The topological polar surface area (TPSA) is 52.6 Å². The lowest BCUT2D eigenvalue weighted by atomic mass is 9.64. The minimum atomic E-state index is -0.543. The van der Waals surface area contributed by atoms with Gasteiger partial charge in [0.05, 0.1) is 13.0 Å². The second-order valence-corrected chi connectivity index (χ2v) is 5.97. The van der Waals surface area contributed by atoms with Gasteiger partial charge in [0.15, 0.2) is 5.78 Å². The van der Waals surface area contributed by atoms with Crippen LogP contribution >= 0.6 is 0 Å². The third-order valence-corrected chi connectivity index (χ3v) is 4.30. The van der Waals surface area contributed by atoms with Crippen molar-refractivity contribution in [2.24, 2.45) is 11.3 Å². The Hall–Kier alpha value is -0.900. The molecule has 2 rings (SSSR count). The van der Waals surface area contributed by atoms with E-state index in [4.69, 9.17) is 9.47 Å². The van der Waals surface area contributed by atoms with E-state index in [1.54, 1.807) is 0 Å². The molecule has 3 atom stereocenters. The fourth-order valence-corrected chi connectivity index (χ4v) is 3.11. The first-order valence-electron chi connectivity index (χ1n) is 6.12. The first-order chi connectivity index (χ1) is 7.78. The Labute approximate surface area is 102 Å². The molecule has 2 aliphatic rings. The second-order valence-electron chi connectivity index (χ2n) is 5.97. The summed E-state index contributed by atoms with van der Waals surface area (Å²) in [4.78, 5) is 23.0. The number of carbonyl (C=O) groups excluding carboxylic acids is 2. The molecule has 0 N–H and O–H groups in total. The number of Topliss-reactive ketones (excluding diaryl/α,β-unsaturated/α-hetero) is 1. The van der Waals surface area contributed by atoms with Crippen LogP contribution in [-0.2, 0) is 19.1 Å². The third-order valence-electron chi connectivity index (χ3n) is 4.30. The van der Waals surface area contributed by atoms with Gasteiger partial charge >= 0.3 is 5.97 Å². The summed E-state index contributed by atoms with van der Waals surface area (Å²) in [6.45, 7) is 8.08. The number of hydrogen-bond donors (Lipinski definition) is 0. The van der Waals surface area contributed by atoms with Gasteiger partial charge in [-0.15, -0.1) is 0 Å². The van der Waals surface area contributed by atoms with Gasteiger partial charge in [0, 0.05) is 17.8 Å². The van der Waals surface area contributed by atoms with Crippen LogP contribution in [0.25, 0.3) is 0 Å². The number of esters is 1. The highest BCUT2D eigenvalue weighted by molar-refractivity contribution is 5.81. The van der Waals surface area contributed by atoms with Gasteiger partial charge in [-0.1, -0.05) is 20.8 Å². The van der Waals surface area contributed by atoms with Crippen LogP contribution in [0.5, 0.6) is 0 Å². The van der Waals surface area contributed by atoms with E-state index in [-0.39, 0.29) is 23.1 Å². The maximum atomic E-state index is 11.5. The van der Waals surface area contributed by atoms with E-state index in [1.807, 2.05) is 20.8 Å². The summed E-state index contributed by atoms with van der Waals surface area (Å²) in [7, 11) is 0. The lowest BCUT2D eigenvalue weighted by Gasteiger charge is -2.50. The van der Waals surface area contributed by atoms with E-state index in [9.17, 15) is 9.59 Å². The lowest BCUT2D eigenvalue weighted by molar-refractivity contribution is -0.207. The molecular weight excluding hydrogens is 220 g/mol. The first kappa shape index (κ1) is 12.6. The van der Waals surface area contributed by atoms with Crippen molar-refractivity contribution in [3.8, 4) is 0 Å². The van der Waals surface area contributed by atoms with Crippen LogP contribution in [0.1, 0.15) is 40.5 Å². The molecule has 0 amide bonds. The molecule has 17 heavy (non-hydrogen) atoms. The van der Waals surface area contributed by atoms with E-state index in [0.29, 0.717) is 19.4 Å². The van der Waals surface area contributed by atoms with Gasteiger partial charge in [-0.05, 0) is 6.92 Å². The lowest BCUT2D eigenvalue weighted by Crippen LogP contribution is -2.58. The van der Waals surface area contributed by atoms with Crippen LogP contribution in [-0.4, -0.2) is 30.1 Å². The highest BCUT2D eigenvalue weighted by Gasteiger charge is 2.60. The molecule has 4 heteroatoms. The molecule has 0 aromatic heterocycles. The fraction of sp³-hybridized carbons (Fsp3) is 0.846. The fourth-order valence-electron chi connectivity index (χ4n) is 3.11. The molecule has 0 aliphatic carbocycles. The summed E-state index contributed by atoms with van der Waals surface area (Å²) < 4.78 is 11.2. The third kappa shape index (κ3) is 1.79. The Morgan fingerprint density at radius 2 is 2.06 bits per heavy atom. The largest absolute Gasteiger partial charge is 0.458 e. The van der Waals surface area contributed by atoms with Gasteiger partial charge in [0.1, 0.15) is 11.7 Å². The maximum Gasteiger partial charge on any atom is 0.306 e. The molecule has 2 saturated heterocycles. The highest BCUT2D eigenvalue weighted by atomic mass is 16.6. The molecule has 0 aromatic rings. The number of carbonyl (C=O) groups is 2. The summed E-state index contributed by atoms with van der Waals surface area (Å²) in [6, 6.07) is 0. The average molecular weight is 240 g/mol. The Morgan fingerprint density at radius 3 is 2.53 bits per heavy atom. The van der Waals surface area contributed by atoms with Crippen molar-refractivity contribution >= 4 is 11.8 Å². The molecule has 2 aliphatic heterocycles. The quantitative estimate of drug-likeness (QED) is 0.655. The maximum absolute atomic E-state index is 11.5. The van der Waals surface area contributed by atoms with E-state index in [0.717, 1.165) is 0 Å². The van der Waals surface area contributed by atoms with Crippen molar-refractivity contribution in [2.45, 2.75) is 52.2 Å². The van der Waals surface area contributed by atoms with E-state index in [2.05, 4.69) is 0 Å². The SMILES string of the molecule is CC(=O)[C@@H]1C[C@]2(OC(=O)CC2C)C(C)(C)CO1. The average Bonchev–Trinajstić information content (AvgIpc) is 2.47. The Balaban J connectivity index is 2.33. The van der Waals surface area contributed by atoms with Gasteiger partial charge in [0.25, 0.3) is 0 Å². The molecule has 1 unspecified atom stereocenters. The first-order valence-corrected chi connectivity index (χ1v) is 6.12. The predicted molar refractivity (Wildman–Crippen MR) is 61.4 cm³/mol. The molecule has 2 heterocycles. The molecular formula is C13H20O4. The molecule has 96 valence electrons. The number of rotatable bonds is 1. The normalized spacial score (nSPS) is 40.4. The second kappa shape index (κ2) is 3.80. The van der Waals surface area contributed by atoms with E-state index < -0.39 is 11.7 Å². The van der Waals surface area contributed by atoms with Crippen molar-refractivity contribution in [1.29, 1.82) is 0 Å². The van der Waals surface area contributed by atoms with Crippen LogP contribution in [0.4, 0.5) is 0 Å². The van der Waals surface area contributed by atoms with Crippen molar-refractivity contribution in [3.05, 3.63) is 0 Å². The molecule has 2 fully saturated rings. The van der Waals surface area contributed by atoms with Crippen molar-refractivity contribution in [3.63, 3.8) is 0 Å². The highest BCUT2D eigenvalue weighted by Crippen LogP contribution is 2.51. The summed E-state index contributed by atoms with van der Waals surface area (Å²) in [5, 5.41) is 0. The standard InChI is InChI=1S/C13H20O4/c1-8-5-11(15)17-13(8)6-10(9(2)14)16-7-12(13,3)4/h8,10H,5-7H2,1-4H3/t8?,10-,13+/m0/s1. The van der Waals surface area contributed by atoms with Crippen LogP contribution in [0.2, 0.25) is 0 Å². The van der Waals surface area contributed by atoms with Gasteiger partial charge in [0.2, 0.25) is 0 Å². The van der Waals surface area contributed by atoms with Crippen LogP contribution < -0.4 is 0 Å². The molecule has 1 spiro atoms. The van der Waals surface area contributed by atoms with Crippen molar-refractivity contribution in [1.82, 2.24) is 0 Å². The minimum absolute atomic E-state index is 0.00928. The molecule has 4 nitrogen and oxygen atoms in total. The van der Waals surface area contributed by atoms with Crippen molar-refractivity contribution < 1.29 is 19.1 Å². The number of ketones is 1. The van der Waals surface area contributed by atoms with E-state index >= 15 is 0 Å². The zero-order chi connectivity index (χ0) is 12.8. The smallest absolute Gasteiger partial charge is 0.306 e.